The molecule has 10 heteroatoms. The number of aryl methyl sites for hydroxylation is 1. The predicted molar refractivity (Wildman–Crippen MR) is 117 cm³/mol. The number of carbonyl (C=O) groups excluding carboxylic acids is 2. The Hall–Kier alpha value is -3.27. The summed E-state index contributed by atoms with van der Waals surface area (Å²) >= 11 is 6.02. The van der Waals surface area contributed by atoms with Gasteiger partial charge >= 0.3 is 12.0 Å². The van der Waals surface area contributed by atoms with Gasteiger partial charge in [-0.1, -0.05) is 23.7 Å². The maximum atomic E-state index is 13.3. The van der Waals surface area contributed by atoms with E-state index in [0.29, 0.717) is 27.9 Å². The summed E-state index contributed by atoms with van der Waals surface area (Å²) in [7, 11) is 1.64. The fourth-order valence-electron chi connectivity index (χ4n) is 3.55. The first-order valence-corrected chi connectivity index (χ1v) is 10.5. The number of benzene rings is 1. The molecule has 2 aromatic heterocycles. The van der Waals surface area contributed by atoms with Crippen LogP contribution in [0.3, 0.4) is 0 Å². The molecular formula is C22H23ClN5O4+. The first kappa shape index (κ1) is 21.9. The van der Waals surface area contributed by atoms with Crippen LogP contribution in [0.15, 0.2) is 42.7 Å². The predicted octanol–water partition coefficient (Wildman–Crippen LogP) is 2.18. The lowest BCUT2D eigenvalue weighted by atomic mass is 10.2. The van der Waals surface area contributed by atoms with Gasteiger partial charge in [0.1, 0.15) is 5.75 Å². The van der Waals surface area contributed by atoms with Gasteiger partial charge in [-0.05, 0) is 42.7 Å². The third-order valence-corrected chi connectivity index (χ3v) is 5.41. The number of amides is 3. The van der Waals surface area contributed by atoms with Crippen molar-refractivity contribution in [2.75, 3.05) is 20.2 Å². The number of carbonyl (C=O) groups is 2. The quantitative estimate of drug-likeness (QED) is 0.565. The molecule has 4 rings (SSSR count). The van der Waals surface area contributed by atoms with Crippen LogP contribution in [0.4, 0.5) is 10.6 Å². The van der Waals surface area contributed by atoms with Gasteiger partial charge in [-0.3, -0.25) is 14.3 Å². The van der Waals surface area contributed by atoms with Gasteiger partial charge in [-0.2, -0.15) is 0 Å². The lowest BCUT2D eigenvalue weighted by Crippen LogP contribution is -3.10. The number of aliphatic hydroxyl groups excluding tert-OH is 1. The summed E-state index contributed by atoms with van der Waals surface area (Å²) in [6.45, 7) is 2.18. The Morgan fingerprint density at radius 3 is 2.62 bits per heavy atom. The molecule has 0 radical (unpaired) electrons. The van der Waals surface area contributed by atoms with Gasteiger partial charge in [0, 0.05) is 24.4 Å². The van der Waals surface area contributed by atoms with E-state index in [1.807, 2.05) is 25.1 Å². The van der Waals surface area contributed by atoms with E-state index in [2.05, 4.69) is 9.97 Å². The zero-order valence-corrected chi connectivity index (χ0v) is 18.5. The second-order valence-corrected chi connectivity index (χ2v) is 8.00. The maximum absolute atomic E-state index is 13.3. The Morgan fingerprint density at radius 1 is 1.19 bits per heavy atom. The molecule has 3 amide bonds. The van der Waals surface area contributed by atoms with Crippen LogP contribution in [-0.4, -0.2) is 56.7 Å². The summed E-state index contributed by atoms with van der Waals surface area (Å²) < 4.78 is 7.67. The van der Waals surface area contributed by atoms with Crippen molar-refractivity contribution in [3.05, 3.63) is 64.6 Å². The number of imidazole rings is 1. The molecular weight excluding hydrogens is 434 g/mol. The second-order valence-electron chi connectivity index (χ2n) is 7.57. The highest BCUT2D eigenvalue weighted by atomic mass is 35.5. The van der Waals surface area contributed by atoms with Crippen molar-refractivity contribution >= 4 is 29.4 Å². The highest BCUT2D eigenvalue weighted by Gasteiger charge is 2.45. The van der Waals surface area contributed by atoms with Crippen LogP contribution < -0.4 is 9.64 Å². The molecule has 3 aromatic rings. The van der Waals surface area contributed by atoms with Crippen molar-refractivity contribution in [2.45, 2.75) is 19.9 Å². The van der Waals surface area contributed by atoms with E-state index >= 15 is 0 Å². The molecule has 3 heterocycles. The number of rotatable bonds is 7. The maximum Gasteiger partial charge on any atom is 0.430 e. The molecule has 1 atom stereocenters. The standard InChI is InChI=1S/C22H22ClN5O4/c1-14-10-17(12-24-11-14)32-21-25-19-18(28(21)13-15-4-6-16(23)7-5-15)20(30)27(8-3-9-29)22(31)26(19)2/h4-7,10-12,29H,3,8-9,13H2,1-2H3/p+1. The van der Waals surface area contributed by atoms with Gasteiger partial charge in [0.05, 0.1) is 19.8 Å². The van der Waals surface area contributed by atoms with Crippen LogP contribution >= 0.6 is 11.6 Å². The van der Waals surface area contributed by atoms with Crippen LogP contribution in [0.2, 0.25) is 5.02 Å². The minimum Gasteiger partial charge on any atom is -0.424 e. The van der Waals surface area contributed by atoms with Crippen molar-refractivity contribution < 1.29 is 24.3 Å². The number of quaternary nitrogens is 1. The zero-order chi connectivity index (χ0) is 22.8. The number of hydrogen-bond acceptors (Lipinski definition) is 6. The number of nitrogens with one attached hydrogen (secondary N) is 1. The molecule has 0 fully saturated rings. The number of hydrogen-bond donors (Lipinski definition) is 2. The molecule has 0 bridgehead atoms. The average molecular weight is 457 g/mol. The van der Waals surface area contributed by atoms with Crippen molar-refractivity contribution in [3.63, 3.8) is 0 Å². The van der Waals surface area contributed by atoms with Crippen molar-refractivity contribution in [1.29, 1.82) is 0 Å². The van der Waals surface area contributed by atoms with Crippen molar-refractivity contribution in [1.82, 2.24) is 19.4 Å². The smallest absolute Gasteiger partial charge is 0.424 e. The lowest BCUT2D eigenvalue weighted by molar-refractivity contribution is -0.726. The van der Waals surface area contributed by atoms with Gasteiger partial charge in [-0.25, -0.2) is 14.6 Å². The third kappa shape index (κ3) is 4.22. The number of ether oxygens (including phenoxy) is 1. The number of pyridine rings is 1. The molecule has 1 unspecified atom stereocenters. The SMILES string of the molecule is Cc1cncc(Oc2nc3c(n2Cc2ccc(Cl)cc2)C(=O)N(CCCO)C(=O)[NH+]3C)c1. The van der Waals surface area contributed by atoms with E-state index in [4.69, 9.17) is 16.3 Å². The van der Waals surface area contributed by atoms with E-state index in [1.165, 1.54) is 0 Å². The zero-order valence-electron chi connectivity index (χ0n) is 17.7. The fraction of sp³-hybridized carbons (Fsp3) is 0.273. The Labute approximate surface area is 189 Å². The average Bonchev–Trinajstić information content (AvgIpc) is 3.12. The highest BCUT2D eigenvalue weighted by Crippen LogP contribution is 2.29. The summed E-state index contributed by atoms with van der Waals surface area (Å²) in [4.78, 5) is 36.3. The van der Waals surface area contributed by atoms with E-state index in [9.17, 15) is 14.7 Å². The third-order valence-electron chi connectivity index (χ3n) is 5.15. The topological polar surface area (TPSA) is 102 Å². The molecule has 1 aromatic carbocycles. The van der Waals surface area contributed by atoms with Crippen LogP contribution in [0.5, 0.6) is 11.8 Å². The molecule has 0 spiro atoms. The second kappa shape index (κ2) is 9.07. The van der Waals surface area contributed by atoms with Gasteiger partial charge in [0.15, 0.2) is 5.69 Å². The number of nitrogens with zero attached hydrogens (tertiary/aromatic N) is 4. The lowest BCUT2D eigenvalue weighted by Gasteiger charge is -2.26. The van der Waals surface area contributed by atoms with Gasteiger partial charge < -0.3 is 9.84 Å². The Kier molecular flexibility index (Phi) is 6.22. The molecule has 9 nitrogen and oxygen atoms in total. The number of fused-ring (bicyclic) bond motifs is 1. The number of imide groups is 1. The van der Waals surface area contributed by atoms with Crippen LogP contribution in [0, 0.1) is 6.92 Å². The minimum absolute atomic E-state index is 0.120. The molecule has 0 aliphatic carbocycles. The summed E-state index contributed by atoms with van der Waals surface area (Å²) in [6, 6.07) is 8.81. The molecule has 0 saturated heterocycles. The normalized spacial score (nSPS) is 15.8. The molecule has 32 heavy (non-hydrogen) atoms. The van der Waals surface area contributed by atoms with E-state index in [1.54, 1.807) is 36.1 Å². The summed E-state index contributed by atoms with van der Waals surface area (Å²) in [6.07, 6.45) is 3.56. The molecule has 166 valence electrons. The number of urea groups is 1. The van der Waals surface area contributed by atoms with Crippen molar-refractivity contribution in [3.8, 4) is 11.8 Å². The monoisotopic (exact) mass is 456 g/mol. The molecule has 2 N–H and O–H groups in total. The summed E-state index contributed by atoms with van der Waals surface area (Å²) in [5, 5.41) is 9.78. The highest BCUT2D eigenvalue weighted by molar-refractivity contribution is 6.30. The Morgan fingerprint density at radius 2 is 1.94 bits per heavy atom. The summed E-state index contributed by atoms with van der Waals surface area (Å²) in [5.74, 6) is 0.297. The molecule has 1 aliphatic rings. The summed E-state index contributed by atoms with van der Waals surface area (Å²) in [5.41, 5.74) is 2.06. The van der Waals surface area contributed by atoms with Gasteiger partial charge in [0.25, 0.3) is 11.7 Å². The van der Waals surface area contributed by atoms with Gasteiger partial charge in [-0.15, -0.1) is 4.98 Å². The van der Waals surface area contributed by atoms with Crippen LogP contribution in [-0.2, 0) is 6.54 Å². The van der Waals surface area contributed by atoms with E-state index in [0.717, 1.165) is 16.0 Å². The Balaban J connectivity index is 1.81. The van der Waals surface area contributed by atoms with Gasteiger partial charge in [0.2, 0.25) is 0 Å². The van der Waals surface area contributed by atoms with E-state index in [-0.39, 0.29) is 31.4 Å². The number of aliphatic hydroxyl groups is 1. The molecule has 1 aliphatic heterocycles. The van der Waals surface area contributed by atoms with E-state index < -0.39 is 11.9 Å². The number of aromatic nitrogens is 3. The number of halogens is 1. The minimum atomic E-state index is -0.470. The van der Waals surface area contributed by atoms with Crippen LogP contribution in [0.1, 0.15) is 28.0 Å². The van der Waals surface area contributed by atoms with Crippen LogP contribution in [0.25, 0.3) is 0 Å². The first-order chi connectivity index (χ1) is 15.4. The van der Waals surface area contributed by atoms with Crippen molar-refractivity contribution in [2.24, 2.45) is 0 Å². The molecule has 0 saturated carbocycles. The largest absolute Gasteiger partial charge is 0.430 e. The Bertz CT molecular complexity index is 1160. The fourth-order valence-corrected chi connectivity index (χ4v) is 3.68. The first-order valence-electron chi connectivity index (χ1n) is 10.1.